The predicted molar refractivity (Wildman–Crippen MR) is 68.0 cm³/mol. The molecule has 0 atom stereocenters. The fourth-order valence-electron chi connectivity index (χ4n) is 1.30. The number of rotatable bonds is 2. The van der Waals surface area contributed by atoms with Crippen LogP contribution in [-0.2, 0) is 10.0 Å². The highest BCUT2D eigenvalue weighted by molar-refractivity contribution is 9.10. The first-order valence-corrected chi connectivity index (χ1v) is 6.98. The molecule has 0 spiro atoms. The van der Waals surface area contributed by atoms with Crippen LogP contribution in [0.15, 0.2) is 55.4 Å². The fraction of sp³-hybridized carbons (Fsp3) is 0. The Labute approximate surface area is 110 Å². The largest absolute Gasteiger partial charge is 0.284 e. The Morgan fingerprint density at radius 2 is 1.61 bits per heavy atom. The van der Waals surface area contributed by atoms with Crippen molar-refractivity contribution in [2.45, 2.75) is 4.90 Å². The molecule has 6 nitrogen and oxygen atoms in total. The van der Waals surface area contributed by atoms with Gasteiger partial charge in [0, 0.05) is 16.6 Å². The number of hydrogen-bond acceptors (Lipinski definition) is 4. The summed E-state index contributed by atoms with van der Waals surface area (Å²) in [5, 5.41) is 1.98. The van der Waals surface area contributed by atoms with Crippen LogP contribution in [0.25, 0.3) is 0 Å². The van der Waals surface area contributed by atoms with Crippen molar-refractivity contribution in [1.82, 2.24) is 9.19 Å². The van der Waals surface area contributed by atoms with Crippen molar-refractivity contribution in [1.29, 1.82) is 0 Å². The molecule has 0 aliphatic rings. The van der Waals surface area contributed by atoms with Crippen molar-refractivity contribution in [3.8, 4) is 0 Å². The van der Waals surface area contributed by atoms with Gasteiger partial charge in [-0.05, 0) is 24.3 Å². The standard InChI is InChI=1S/C10H7BrN2O4S/c11-7-1-3-8(4-2-7)18(16,17)13-10(15)6-5-9(14)12-13/h1-6H,(H,12,14). The zero-order chi connectivity index (χ0) is 13.3. The maximum Gasteiger partial charge on any atom is 0.284 e. The van der Waals surface area contributed by atoms with Gasteiger partial charge in [0.2, 0.25) is 0 Å². The summed E-state index contributed by atoms with van der Waals surface area (Å²) in [7, 11) is -4.08. The van der Waals surface area contributed by atoms with Crippen LogP contribution in [0.5, 0.6) is 0 Å². The van der Waals surface area contributed by atoms with Gasteiger partial charge in [0.05, 0.1) is 4.90 Å². The first-order chi connectivity index (χ1) is 8.41. The van der Waals surface area contributed by atoms with Crippen molar-refractivity contribution in [3.63, 3.8) is 0 Å². The van der Waals surface area contributed by atoms with Gasteiger partial charge in [0.1, 0.15) is 0 Å². The van der Waals surface area contributed by atoms with Crippen molar-refractivity contribution in [2.24, 2.45) is 0 Å². The van der Waals surface area contributed by atoms with Crippen LogP contribution in [0.3, 0.4) is 0 Å². The third kappa shape index (κ3) is 2.29. The lowest BCUT2D eigenvalue weighted by molar-refractivity contribution is 0.574. The molecule has 1 aromatic heterocycles. The Balaban J connectivity index is 2.69. The lowest BCUT2D eigenvalue weighted by Crippen LogP contribution is -2.33. The fourth-order valence-corrected chi connectivity index (χ4v) is 2.76. The monoisotopic (exact) mass is 330 g/mol. The van der Waals surface area contributed by atoms with Crippen molar-refractivity contribution >= 4 is 26.0 Å². The van der Waals surface area contributed by atoms with E-state index in [2.05, 4.69) is 15.9 Å². The molecule has 94 valence electrons. The Kier molecular flexibility index (Phi) is 3.22. The van der Waals surface area contributed by atoms with E-state index in [-0.39, 0.29) is 4.90 Å². The SMILES string of the molecule is O=c1ccc(=O)n(S(=O)(=O)c2ccc(Br)cc2)[nH]1. The van der Waals surface area contributed by atoms with Gasteiger partial charge in [-0.2, -0.15) is 8.42 Å². The lowest BCUT2D eigenvalue weighted by Gasteiger charge is -2.06. The van der Waals surface area contributed by atoms with E-state index in [4.69, 9.17) is 0 Å². The Hall–Kier alpha value is -1.67. The van der Waals surface area contributed by atoms with Crippen LogP contribution in [0.4, 0.5) is 0 Å². The van der Waals surface area contributed by atoms with Gasteiger partial charge in [0.15, 0.2) is 0 Å². The molecule has 0 aliphatic carbocycles. The molecule has 1 aromatic carbocycles. The molecule has 8 heteroatoms. The third-order valence-electron chi connectivity index (χ3n) is 2.14. The molecular formula is C10H7BrN2O4S. The highest BCUT2D eigenvalue weighted by Gasteiger charge is 2.18. The average Bonchev–Trinajstić information content (AvgIpc) is 2.32. The number of aromatic amines is 1. The van der Waals surface area contributed by atoms with E-state index < -0.39 is 21.1 Å². The maximum atomic E-state index is 12.1. The van der Waals surface area contributed by atoms with Gasteiger partial charge in [-0.3, -0.25) is 9.59 Å². The van der Waals surface area contributed by atoms with E-state index in [0.717, 1.165) is 12.1 Å². The summed E-state index contributed by atoms with van der Waals surface area (Å²) >= 11 is 3.17. The summed E-state index contributed by atoms with van der Waals surface area (Å²) in [6.45, 7) is 0. The number of halogens is 1. The van der Waals surface area contributed by atoms with Crippen LogP contribution >= 0.6 is 15.9 Å². The van der Waals surface area contributed by atoms with Gasteiger partial charge in [0.25, 0.3) is 21.1 Å². The van der Waals surface area contributed by atoms with Crippen LogP contribution in [0.1, 0.15) is 0 Å². The predicted octanol–water partition coefficient (Wildman–Crippen LogP) is 0.536. The summed E-state index contributed by atoms with van der Waals surface area (Å²) < 4.78 is 25.2. The van der Waals surface area contributed by atoms with Crippen LogP contribution in [0.2, 0.25) is 0 Å². The Bertz CT molecular complexity index is 790. The molecule has 0 unspecified atom stereocenters. The van der Waals surface area contributed by atoms with Gasteiger partial charge in [-0.1, -0.05) is 15.9 Å². The topological polar surface area (TPSA) is 89.0 Å². The van der Waals surface area contributed by atoms with Gasteiger partial charge in [-0.15, -0.1) is 4.09 Å². The minimum atomic E-state index is -4.08. The number of aromatic nitrogens is 2. The molecule has 18 heavy (non-hydrogen) atoms. The molecule has 0 bridgehead atoms. The molecule has 2 aromatic rings. The first-order valence-electron chi connectivity index (χ1n) is 4.75. The van der Waals surface area contributed by atoms with Gasteiger partial charge in [-0.25, -0.2) is 5.10 Å². The maximum absolute atomic E-state index is 12.1. The number of H-pyrrole nitrogens is 1. The quantitative estimate of drug-likeness (QED) is 0.870. The molecule has 0 amide bonds. The Morgan fingerprint density at radius 1 is 1.00 bits per heavy atom. The molecule has 1 heterocycles. The summed E-state index contributed by atoms with van der Waals surface area (Å²) in [5.41, 5.74) is -1.49. The van der Waals surface area contributed by atoms with Crippen LogP contribution in [-0.4, -0.2) is 17.6 Å². The minimum Gasteiger partial charge on any atom is -0.268 e. The summed E-state index contributed by atoms with van der Waals surface area (Å²) in [4.78, 5) is 22.5. The highest BCUT2D eigenvalue weighted by Crippen LogP contribution is 2.15. The summed E-state index contributed by atoms with van der Waals surface area (Å²) in [5.74, 6) is 0. The van der Waals surface area contributed by atoms with Crippen LogP contribution in [0, 0.1) is 0 Å². The van der Waals surface area contributed by atoms with E-state index in [0.29, 0.717) is 8.56 Å². The number of nitrogens with one attached hydrogen (secondary N) is 1. The number of hydrogen-bond donors (Lipinski definition) is 1. The van der Waals surface area contributed by atoms with E-state index in [1.807, 2.05) is 5.10 Å². The van der Waals surface area contributed by atoms with E-state index in [1.165, 1.54) is 24.3 Å². The minimum absolute atomic E-state index is 0.0883. The van der Waals surface area contributed by atoms with Gasteiger partial charge < -0.3 is 0 Å². The Morgan fingerprint density at radius 3 is 2.22 bits per heavy atom. The molecule has 0 radical (unpaired) electrons. The second kappa shape index (κ2) is 4.54. The molecular weight excluding hydrogens is 324 g/mol. The third-order valence-corrected chi connectivity index (χ3v) is 4.29. The van der Waals surface area contributed by atoms with Crippen LogP contribution < -0.4 is 11.1 Å². The zero-order valence-corrected chi connectivity index (χ0v) is 11.2. The average molecular weight is 331 g/mol. The second-order valence-electron chi connectivity index (χ2n) is 3.37. The molecule has 0 aliphatic heterocycles. The summed E-state index contributed by atoms with van der Waals surface area (Å²) in [6.07, 6.45) is 0. The highest BCUT2D eigenvalue weighted by atomic mass is 79.9. The first kappa shape index (κ1) is 12.8. The zero-order valence-electron chi connectivity index (χ0n) is 8.83. The van der Waals surface area contributed by atoms with E-state index in [1.54, 1.807) is 0 Å². The molecule has 1 N–H and O–H groups in total. The molecule has 0 saturated heterocycles. The van der Waals surface area contributed by atoms with Crippen molar-refractivity contribution < 1.29 is 8.42 Å². The molecule has 0 saturated carbocycles. The van der Waals surface area contributed by atoms with E-state index >= 15 is 0 Å². The smallest absolute Gasteiger partial charge is 0.268 e. The summed E-state index contributed by atoms with van der Waals surface area (Å²) in [6, 6.07) is 7.58. The molecule has 2 rings (SSSR count). The van der Waals surface area contributed by atoms with Crippen molar-refractivity contribution in [3.05, 3.63) is 61.6 Å². The van der Waals surface area contributed by atoms with E-state index in [9.17, 15) is 18.0 Å². The van der Waals surface area contributed by atoms with Gasteiger partial charge >= 0.3 is 0 Å². The molecule has 0 fully saturated rings. The normalized spacial score (nSPS) is 11.4. The number of nitrogens with zero attached hydrogens (tertiary/aromatic N) is 1. The number of benzene rings is 1. The second-order valence-corrected chi connectivity index (χ2v) is 6.07. The van der Waals surface area contributed by atoms with Crippen molar-refractivity contribution in [2.75, 3.05) is 0 Å². The lowest BCUT2D eigenvalue weighted by atomic mass is 10.4.